The highest BCUT2D eigenvalue weighted by Crippen LogP contribution is 2.25. The van der Waals surface area contributed by atoms with Gasteiger partial charge >= 0.3 is 11.7 Å². The van der Waals surface area contributed by atoms with Gasteiger partial charge in [0.05, 0.1) is 6.54 Å². The number of halogens is 2. The average molecular weight is 442 g/mol. The van der Waals surface area contributed by atoms with Crippen LogP contribution in [0, 0.1) is 11.6 Å². The molecular weight excluding hydrogens is 422 g/mol. The molecule has 2 aromatic heterocycles. The molecular formula is C22H20F2N4O4. The summed E-state index contributed by atoms with van der Waals surface area (Å²) in [5, 5.41) is 9.13. The van der Waals surface area contributed by atoms with Crippen LogP contribution in [0.4, 0.5) is 8.78 Å². The monoisotopic (exact) mass is 442 g/mol. The highest BCUT2D eigenvalue weighted by atomic mass is 19.1. The number of fused-ring (bicyclic) bond motifs is 1. The molecule has 0 saturated carbocycles. The molecule has 0 saturated heterocycles. The Morgan fingerprint density at radius 1 is 0.969 bits per heavy atom. The van der Waals surface area contributed by atoms with Crippen molar-refractivity contribution in [3.05, 3.63) is 86.6 Å². The molecule has 0 amide bonds. The van der Waals surface area contributed by atoms with Gasteiger partial charge in [-0.05, 0) is 48.4 Å². The molecule has 0 radical (unpaired) electrons. The summed E-state index contributed by atoms with van der Waals surface area (Å²) in [6.07, 6.45) is 0.228. The number of aryl methyl sites for hydroxylation is 1. The van der Waals surface area contributed by atoms with E-state index in [1.807, 2.05) is 0 Å². The van der Waals surface area contributed by atoms with Gasteiger partial charge in [-0.3, -0.25) is 18.5 Å². The quantitative estimate of drug-likeness (QED) is 0.475. The first-order chi connectivity index (χ1) is 15.4. The van der Waals surface area contributed by atoms with Gasteiger partial charge in [0.1, 0.15) is 17.4 Å². The number of hydrogen-bond acceptors (Lipinski definition) is 5. The maximum absolute atomic E-state index is 13.4. The highest BCUT2D eigenvalue weighted by molar-refractivity contribution is 5.72. The third-order valence-corrected chi connectivity index (χ3v) is 5.01. The zero-order valence-corrected chi connectivity index (χ0v) is 17.2. The number of imidazole rings is 1. The Morgan fingerprint density at radius 3 is 2.22 bits per heavy atom. The van der Waals surface area contributed by atoms with Crippen LogP contribution < -0.4 is 16.0 Å². The molecule has 0 aliphatic rings. The van der Waals surface area contributed by atoms with E-state index in [2.05, 4.69) is 4.98 Å². The molecule has 0 atom stereocenters. The summed E-state index contributed by atoms with van der Waals surface area (Å²) in [5.74, 6) is -0.556. The first kappa shape index (κ1) is 21.4. The second-order valence-corrected chi connectivity index (χ2v) is 7.21. The van der Waals surface area contributed by atoms with Crippen molar-refractivity contribution in [3.63, 3.8) is 0 Å². The van der Waals surface area contributed by atoms with Crippen molar-refractivity contribution >= 4 is 11.2 Å². The molecule has 166 valence electrons. The van der Waals surface area contributed by atoms with Gasteiger partial charge in [0, 0.05) is 20.2 Å². The Hall–Kier alpha value is -3.79. The van der Waals surface area contributed by atoms with Crippen LogP contribution in [0.2, 0.25) is 0 Å². The number of hydrogen-bond donors (Lipinski definition) is 1. The second-order valence-electron chi connectivity index (χ2n) is 7.21. The fourth-order valence-corrected chi connectivity index (χ4v) is 3.38. The molecule has 2 heterocycles. The maximum atomic E-state index is 13.4. The lowest BCUT2D eigenvalue weighted by atomic mass is 10.2. The lowest BCUT2D eigenvalue weighted by molar-refractivity contribution is 0.277. The fourth-order valence-electron chi connectivity index (χ4n) is 3.38. The molecule has 0 aliphatic heterocycles. The van der Waals surface area contributed by atoms with Gasteiger partial charge in [-0.1, -0.05) is 12.1 Å². The van der Waals surface area contributed by atoms with Gasteiger partial charge < -0.3 is 9.84 Å². The number of rotatable bonds is 7. The normalized spacial score (nSPS) is 11.2. The Morgan fingerprint density at radius 2 is 1.59 bits per heavy atom. The molecule has 2 aromatic carbocycles. The summed E-state index contributed by atoms with van der Waals surface area (Å²) in [7, 11) is 1.48. The number of ether oxygens (including phenoxy) is 1. The Labute approximate surface area is 180 Å². The van der Waals surface area contributed by atoms with E-state index in [4.69, 9.17) is 9.84 Å². The van der Waals surface area contributed by atoms with Crippen LogP contribution in [0.5, 0.6) is 11.8 Å². The van der Waals surface area contributed by atoms with Crippen LogP contribution in [0.15, 0.2) is 58.1 Å². The molecule has 0 unspecified atom stereocenters. The lowest BCUT2D eigenvalue weighted by Crippen LogP contribution is -2.39. The van der Waals surface area contributed by atoms with E-state index in [1.54, 1.807) is 12.1 Å². The van der Waals surface area contributed by atoms with E-state index >= 15 is 0 Å². The number of benzene rings is 2. The number of nitrogens with zero attached hydrogens (tertiary/aromatic N) is 4. The Kier molecular flexibility index (Phi) is 5.87. The van der Waals surface area contributed by atoms with E-state index in [0.717, 1.165) is 4.57 Å². The molecule has 0 aliphatic carbocycles. The lowest BCUT2D eigenvalue weighted by Gasteiger charge is -2.11. The predicted octanol–water partition coefficient (Wildman–Crippen LogP) is 2.40. The van der Waals surface area contributed by atoms with Crippen molar-refractivity contribution < 1.29 is 18.6 Å². The van der Waals surface area contributed by atoms with Gasteiger partial charge in [-0.25, -0.2) is 13.6 Å². The molecule has 8 nitrogen and oxygen atoms in total. The van der Waals surface area contributed by atoms with Crippen LogP contribution in [0.3, 0.4) is 0 Å². The molecule has 32 heavy (non-hydrogen) atoms. The van der Waals surface area contributed by atoms with Gasteiger partial charge in [-0.15, -0.1) is 0 Å². The van der Waals surface area contributed by atoms with E-state index in [-0.39, 0.29) is 49.0 Å². The van der Waals surface area contributed by atoms with Crippen molar-refractivity contribution in [2.75, 3.05) is 6.61 Å². The molecule has 4 rings (SSSR count). The molecule has 0 bridgehead atoms. The SMILES string of the molecule is Cn1c(=O)n(CCCO)c(=O)c2c1nc(Oc1ccc(F)cc1)n2Cc1ccc(F)cc1. The number of aliphatic hydroxyl groups excluding tert-OH is 1. The van der Waals surface area contributed by atoms with Crippen LogP contribution in [0.25, 0.3) is 11.2 Å². The van der Waals surface area contributed by atoms with Gasteiger partial charge in [0.15, 0.2) is 11.2 Å². The van der Waals surface area contributed by atoms with E-state index in [9.17, 15) is 18.4 Å². The zero-order chi connectivity index (χ0) is 22.8. The van der Waals surface area contributed by atoms with Gasteiger partial charge in [0.2, 0.25) is 0 Å². The van der Waals surface area contributed by atoms with Crippen LogP contribution >= 0.6 is 0 Å². The summed E-state index contributed by atoms with van der Waals surface area (Å²) < 4.78 is 36.2. The first-order valence-electron chi connectivity index (χ1n) is 9.88. The van der Waals surface area contributed by atoms with Gasteiger partial charge in [0.25, 0.3) is 5.56 Å². The third kappa shape index (κ3) is 4.04. The van der Waals surface area contributed by atoms with Crippen molar-refractivity contribution in [3.8, 4) is 11.8 Å². The molecule has 10 heteroatoms. The topological polar surface area (TPSA) is 91.3 Å². The Balaban J connectivity index is 1.92. The predicted molar refractivity (Wildman–Crippen MR) is 113 cm³/mol. The summed E-state index contributed by atoms with van der Waals surface area (Å²) in [5.41, 5.74) is -0.258. The van der Waals surface area contributed by atoms with E-state index in [1.165, 1.54) is 52.6 Å². The molecule has 1 N–H and O–H groups in total. The third-order valence-electron chi connectivity index (χ3n) is 5.01. The summed E-state index contributed by atoms with van der Waals surface area (Å²) >= 11 is 0. The van der Waals surface area contributed by atoms with Gasteiger partial charge in [-0.2, -0.15) is 4.98 Å². The zero-order valence-electron chi connectivity index (χ0n) is 17.2. The van der Waals surface area contributed by atoms with Crippen molar-refractivity contribution in [1.29, 1.82) is 0 Å². The van der Waals surface area contributed by atoms with Crippen molar-refractivity contribution in [2.45, 2.75) is 19.5 Å². The average Bonchev–Trinajstić information content (AvgIpc) is 3.13. The minimum atomic E-state index is -0.583. The maximum Gasteiger partial charge on any atom is 0.332 e. The van der Waals surface area contributed by atoms with E-state index in [0.29, 0.717) is 5.56 Å². The summed E-state index contributed by atoms with van der Waals surface area (Å²) in [6, 6.07) is 11.0. The smallest absolute Gasteiger partial charge is 0.332 e. The second kappa shape index (κ2) is 8.75. The number of aromatic nitrogens is 4. The largest absolute Gasteiger partial charge is 0.425 e. The van der Waals surface area contributed by atoms with Crippen LogP contribution in [-0.2, 0) is 20.1 Å². The fraction of sp³-hybridized carbons (Fsp3) is 0.227. The van der Waals surface area contributed by atoms with Crippen molar-refractivity contribution in [1.82, 2.24) is 18.7 Å². The molecule has 0 fully saturated rings. The minimum absolute atomic E-state index is 0.0166. The van der Waals surface area contributed by atoms with E-state index < -0.39 is 22.9 Å². The summed E-state index contributed by atoms with van der Waals surface area (Å²) in [4.78, 5) is 30.3. The minimum Gasteiger partial charge on any atom is -0.425 e. The van der Waals surface area contributed by atoms with Crippen LogP contribution in [0.1, 0.15) is 12.0 Å². The highest BCUT2D eigenvalue weighted by Gasteiger charge is 2.22. The number of aliphatic hydroxyl groups is 1. The Bertz CT molecular complexity index is 1370. The molecule has 4 aromatic rings. The van der Waals surface area contributed by atoms with Crippen LogP contribution in [-0.4, -0.2) is 30.4 Å². The standard InChI is InChI=1S/C22H20F2N4O4/c1-26-19-18(20(30)27(22(26)31)11-2-12-29)28(13-14-3-5-15(23)6-4-14)21(25-19)32-17-9-7-16(24)8-10-17/h3-10,29H,2,11-13H2,1H3. The molecule has 0 spiro atoms. The summed E-state index contributed by atoms with van der Waals surface area (Å²) in [6.45, 7) is -0.0318. The first-order valence-corrected chi connectivity index (χ1v) is 9.88. The van der Waals surface area contributed by atoms with Crippen molar-refractivity contribution in [2.24, 2.45) is 7.05 Å².